The van der Waals surface area contributed by atoms with Crippen LogP contribution in [0.1, 0.15) is 44.3 Å². The van der Waals surface area contributed by atoms with Crippen molar-refractivity contribution in [3.8, 4) is 0 Å². The maximum absolute atomic E-state index is 5.55. The topological polar surface area (TPSA) is 52.0 Å². The Bertz CT molecular complexity index is 245. The van der Waals surface area contributed by atoms with Gasteiger partial charge in [-0.1, -0.05) is 20.3 Å². The van der Waals surface area contributed by atoms with E-state index < -0.39 is 0 Å². The van der Waals surface area contributed by atoms with E-state index in [0.717, 1.165) is 24.5 Å². The van der Waals surface area contributed by atoms with E-state index in [2.05, 4.69) is 18.8 Å². The van der Waals surface area contributed by atoms with Crippen LogP contribution in [0.4, 0.5) is 0 Å². The van der Waals surface area contributed by atoms with E-state index in [1.807, 2.05) is 6.20 Å². The van der Waals surface area contributed by atoms with Gasteiger partial charge in [0.1, 0.15) is 5.76 Å². The summed E-state index contributed by atoms with van der Waals surface area (Å²) in [6, 6.07) is 0. The predicted molar refractivity (Wildman–Crippen MR) is 52.6 cm³/mol. The Balaban J connectivity index is 2.56. The van der Waals surface area contributed by atoms with Crippen molar-refractivity contribution < 1.29 is 4.42 Å². The summed E-state index contributed by atoms with van der Waals surface area (Å²) in [5.41, 5.74) is 5.40. The second-order valence-corrected chi connectivity index (χ2v) is 3.38. The van der Waals surface area contributed by atoms with Gasteiger partial charge < -0.3 is 10.2 Å². The average molecular weight is 182 g/mol. The van der Waals surface area contributed by atoms with Crippen LogP contribution in [0.2, 0.25) is 0 Å². The number of nitrogens with two attached hydrogens (primary N) is 1. The SMILES string of the molecule is CCCC(C)c1cnc(CCN)o1. The molecule has 0 radical (unpaired) electrons. The molecule has 3 nitrogen and oxygen atoms in total. The molecule has 0 fully saturated rings. The summed E-state index contributed by atoms with van der Waals surface area (Å²) in [5, 5.41) is 0. The van der Waals surface area contributed by atoms with Gasteiger partial charge in [0.15, 0.2) is 5.89 Å². The molecule has 0 spiro atoms. The highest BCUT2D eigenvalue weighted by atomic mass is 16.4. The zero-order valence-corrected chi connectivity index (χ0v) is 8.42. The lowest BCUT2D eigenvalue weighted by atomic mass is 10.0. The zero-order chi connectivity index (χ0) is 9.68. The number of aromatic nitrogens is 1. The number of hydrogen-bond donors (Lipinski definition) is 1. The fourth-order valence-corrected chi connectivity index (χ4v) is 1.37. The number of oxazole rings is 1. The molecule has 0 aliphatic heterocycles. The highest BCUT2D eigenvalue weighted by Gasteiger charge is 2.09. The highest BCUT2D eigenvalue weighted by molar-refractivity contribution is 5.00. The molecule has 0 aliphatic carbocycles. The third kappa shape index (κ3) is 2.84. The van der Waals surface area contributed by atoms with Crippen LogP contribution in [-0.2, 0) is 6.42 Å². The van der Waals surface area contributed by atoms with Gasteiger partial charge >= 0.3 is 0 Å². The maximum Gasteiger partial charge on any atom is 0.195 e. The van der Waals surface area contributed by atoms with Crippen molar-refractivity contribution in [1.82, 2.24) is 4.98 Å². The second kappa shape index (κ2) is 5.02. The molecule has 1 rings (SSSR count). The molecule has 3 heteroatoms. The Labute approximate surface area is 79.3 Å². The molecule has 1 heterocycles. The van der Waals surface area contributed by atoms with Gasteiger partial charge in [-0.15, -0.1) is 0 Å². The first kappa shape index (κ1) is 10.3. The summed E-state index contributed by atoms with van der Waals surface area (Å²) >= 11 is 0. The maximum atomic E-state index is 5.55. The molecular formula is C10H18N2O. The Morgan fingerprint density at radius 1 is 1.62 bits per heavy atom. The molecule has 1 aromatic heterocycles. The molecule has 0 amide bonds. The van der Waals surface area contributed by atoms with Crippen molar-refractivity contribution in [2.75, 3.05) is 6.54 Å². The lowest BCUT2D eigenvalue weighted by Crippen LogP contribution is -2.02. The van der Waals surface area contributed by atoms with Gasteiger partial charge in [-0.25, -0.2) is 4.98 Å². The normalized spacial score (nSPS) is 13.2. The third-order valence-electron chi connectivity index (χ3n) is 2.14. The lowest BCUT2D eigenvalue weighted by Gasteiger charge is -2.04. The first-order valence-electron chi connectivity index (χ1n) is 4.92. The van der Waals surface area contributed by atoms with E-state index >= 15 is 0 Å². The fraction of sp³-hybridized carbons (Fsp3) is 0.700. The number of rotatable bonds is 5. The molecular weight excluding hydrogens is 164 g/mol. The number of hydrogen-bond acceptors (Lipinski definition) is 3. The Hall–Kier alpha value is -0.830. The molecule has 2 N–H and O–H groups in total. The summed E-state index contributed by atoms with van der Waals surface area (Å²) in [5.74, 6) is 2.23. The standard InChI is InChI=1S/C10H18N2O/c1-3-4-8(2)9-7-12-10(13-9)5-6-11/h7-8H,3-6,11H2,1-2H3. The lowest BCUT2D eigenvalue weighted by molar-refractivity contribution is 0.422. The molecule has 0 saturated heterocycles. The summed E-state index contributed by atoms with van der Waals surface area (Å²) in [4.78, 5) is 4.16. The smallest absolute Gasteiger partial charge is 0.195 e. The van der Waals surface area contributed by atoms with Crippen LogP contribution in [0, 0.1) is 0 Å². The van der Waals surface area contributed by atoms with Gasteiger partial charge in [-0.2, -0.15) is 0 Å². The van der Waals surface area contributed by atoms with Gasteiger partial charge in [0.05, 0.1) is 6.20 Å². The van der Waals surface area contributed by atoms with Crippen LogP contribution in [0.3, 0.4) is 0 Å². The molecule has 1 unspecified atom stereocenters. The van der Waals surface area contributed by atoms with E-state index in [9.17, 15) is 0 Å². The van der Waals surface area contributed by atoms with E-state index in [0.29, 0.717) is 12.5 Å². The molecule has 13 heavy (non-hydrogen) atoms. The monoisotopic (exact) mass is 182 g/mol. The van der Waals surface area contributed by atoms with Crippen LogP contribution in [0.5, 0.6) is 0 Å². The van der Waals surface area contributed by atoms with Crippen molar-refractivity contribution in [2.45, 2.75) is 39.0 Å². The first-order chi connectivity index (χ1) is 6.27. The second-order valence-electron chi connectivity index (χ2n) is 3.38. The quantitative estimate of drug-likeness (QED) is 0.758. The summed E-state index contributed by atoms with van der Waals surface area (Å²) in [6.45, 7) is 4.94. The number of nitrogens with zero attached hydrogens (tertiary/aromatic N) is 1. The van der Waals surface area contributed by atoms with Crippen molar-refractivity contribution in [2.24, 2.45) is 5.73 Å². The zero-order valence-electron chi connectivity index (χ0n) is 8.42. The molecule has 1 atom stereocenters. The van der Waals surface area contributed by atoms with Crippen LogP contribution >= 0.6 is 0 Å². The minimum Gasteiger partial charge on any atom is -0.445 e. The Morgan fingerprint density at radius 2 is 2.38 bits per heavy atom. The first-order valence-corrected chi connectivity index (χ1v) is 4.92. The Kier molecular flexibility index (Phi) is 3.96. The minimum absolute atomic E-state index is 0.476. The van der Waals surface area contributed by atoms with Crippen molar-refractivity contribution in [3.05, 3.63) is 17.8 Å². The van der Waals surface area contributed by atoms with Crippen molar-refractivity contribution >= 4 is 0 Å². The molecule has 74 valence electrons. The van der Waals surface area contributed by atoms with Crippen LogP contribution in [0.15, 0.2) is 10.6 Å². The van der Waals surface area contributed by atoms with Crippen molar-refractivity contribution in [3.63, 3.8) is 0 Å². The van der Waals surface area contributed by atoms with Gasteiger partial charge in [0, 0.05) is 18.9 Å². The van der Waals surface area contributed by atoms with Gasteiger partial charge in [-0.05, 0) is 6.42 Å². The van der Waals surface area contributed by atoms with E-state index in [-0.39, 0.29) is 0 Å². The van der Waals surface area contributed by atoms with Crippen LogP contribution in [0.25, 0.3) is 0 Å². The fourth-order valence-electron chi connectivity index (χ4n) is 1.37. The van der Waals surface area contributed by atoms with Gasteiger partial charge in [-0.3, -0.25) is 0 Å². The highest BCUT2D eigenvalue weighted by Crippen LogP contribution is 2.20. The van der Waals surface area contributed by atoms with E-state index in [1.54, 1.807) is 0 Å². The molecule has 0 saturated carbocycles. The molecule has 0 aromatic carbocycles. The largest absolute Gasteiger partial charge is 0.445 e. The predicted octanol–water partition coefficient (Wildman–Crippen LogP) is 2.08. The molecule has 1 aromatic rings. The van der Waals surface area contributed by atoms with Crippen LogP contribution < -0.4 is 5.73 Å². The molecule has 0 bridgehead atoms. The average Bonchev–Trinajstić information content (AvgIpc) is 2.54. The summed E-state index contributed by atoms with van der Waals surface area (Å²) < 4.78 is 5.55. The minimum atomic E-state index is 0.476. The van der Waals surface area contributed by atoms with E-state index in [4.69, 9.17) is 10.2 Å². The van der Waals surface area contributed by atoms with Crippen molar-refractivity contribution in [1.29, 1.82) is 0 Å². The van der Waals surface area contributed by atoms with Gasteiger partial charge in [0.2, 0.25) is 0 Å². The third-order valence-corrected chi connectivity index (χ3v) is 2.14. The van der Waals surface area contributed by atoms with Crippen LogP contribution in [-0.4, -0.2) is 11.5 Å². The van der Waals surface area contributed by atoms with Gasteiger partial charge in [0.25, 0.3) is 0 Å². The Morgan fingerprint density at radius 3 is 3.00 bits per heavy atom. The summed E-state index contributed by atoms with van der Waals surface area (Å²) in [7, 11) is 0. The molecule has 0 aliphatic rings. The summed E-state index contributed by atoms with van der Waals surface area (Å²) in [6.07, 6.45) is 4.88. The van der Waals surface area contributed by atoms with E-state index in [1.165, 1.54) is 6.42 Å².